The Labute approximate surface area is 101 Å². The molecule has 0 aromatic rings. The van der Waals surface area contributed by atoms with Gasteiger partial charge in [0, 0.05) is 19.8 Å². The molecule has 2 atom stereocenters. The fourth-order valence-corrected chi connectivity index (χ4v) is 1.72. The molecule has 0 radical (unpaired) electrons. The molecule has 0 heterocycles. The summed E-state index contributed by atoms with van der Waals surface area (Å²) in [4.78, 5) is 0. The summed E-state index contributed by atoms with van der Waals surface area (Å²) in [5.74, 6) is 0. The van der Waals surface area contributed by atoms with E-state index in [1.54, 1.807) is 7.11 Å². The zero-order chi connectivity index (χ0) is 12.6. The molecule has 0 bridgehead atoms. The number of ether oxygens (including phenoxy) is 2. The Morgan fingerprint density at radius 3 is 2.25 bits per heavy atom. The largest absolute Gasteiger partial charge is 0.379 e. The lowest BCUT2D eigenvalue weighted by Crippen LogP contribution is -2.38. The van der Waals surface area contributed by atoms with Gasteiger partial charge in [0.15, 0.2) is 0 Å². The molecule has 16 heavy (non-hydrogen) atoms. The van der Waals surface area contributed by atoms with Gasteiger partial charge in [-0.2, -0.15) is 0 Å². The molecule has 0 aromatic heterocycles. The Balaban J connectivity index is 4.04. The van der Waals surface area contributed by atoms with Gasteiger partial charge < -0.3 is 15.2 Å². The first kappa shape index (κ1) is 15.9. The normalized spacial score (nSPS) is 16.1. The van der Waals surface area contributed by atoms with E-state index in [-0.39, 0.29) is 17.7 Å². The maximum atomic E-state index is 6.17. The average molecular weight is 231 g/mol. The van der Waals surface area contributed by atoms with E-state index in [9.17, 15) is 0 Å². The predicted octanol–water partition coefficient (Wildman–Crippen LogP) is 2.72. The molecule has 0 spiro atoms. The van der Waals surface area contributed by atoms with Crippen molar-refractivity contribution in [1.29, 1.82) is 0 Å². The van der Waals surface area contributed by atoms with Crippen LogP contribution in [0.2, 0.25) is 0 Å². The van der Waals surface area contributed by atoms with Crippen LogP contribution in [0.1, 0.15) is 53.4 Å². The number of hydrogen-bond acceptors (Lipinski definition) is 3. The number of nitrogens with two attached hydrogens (primary N) is 1. The van der Waals surface area contributed by atoms with Crippen molar-refractivity contribution in [2.75, 3.05) is 13.7 Å². The van der Waals surface area contributed by atoms with Crippen molar-refractivity contribution in [3.63, 3.8) is 0 Å². The van der Waals surface area contributed by atoms with Gasteiger partial charge in [0.1, 0.15) is 0 Å². The number of methoxy groups -OCH3 is 1. The molecule has 0 aliphatic rings. The highest BCUT2D eigenvalue weighted by Crippen LogP contribution is 2.19. The van der Waals surface area contributed by atoms with Crippen LogP contribution in [0.5, 0.6) is 0 Å². The van der Waals surface area contributed by atoms with Crippen LogP contribution in [0.4, 0.5) is 0 Å². The van der Waals surface area contributed by atoms with Crippen LogP contribution in [0.15, 0.2) is 0 Å². The Bertz CT molecular complexity index is 165. The summed E-state index contributed by atoms with van der Waals surface area (Å²) in [5.41, 5.74) is 6.09. The topological polar surface area (TPSA) is 44.5 Å². The summed E-state index contributed by atoms with van der Waals surface area (Å²) in [7, 11) is 1.75. The van der Waals surface area contributed by atoms with Crippen molar-refractivity contribution < 1.29 is 9.47 Å². The quantitative estimate of drug-likeness (QED) is 0.663. The van der Waals surface area contributed by atoms with Crippen LogP contribution in [0, 0.1) is 0 Å². The van der Waals surface area contributed by atoms with Crippen molar-refractivity contribution in [2.24, 2.45) is 5.73 Å². The maximum Gasteiger partial charge on any atom is 0.0725 e. The molecule has 0 aliphatic carbocycles. The van der Waals surface area contributed by atoms with Crippen LogP contribution in [-0.2, 0) is 9.47 Å². The number of rotatable bonds is 9. The van der Waals surface area contributed by atoms with Gasteiger partial charge in [0.2, 0.25) is 0 Å². The first-order chi connectivity index (χ1) is 7.46. The monoisotopic (exact) mass is 231 g/mol. The minimum absolute atomic E-state index is 0.0827. The maximum absolute atomic E-state index is 6.17. The molecule has 0 saturated heterocycles. The molecule has 0 rings (SSSR count). The first-order valence-corrected chi connectivity index (χ1v) is 6.39. The lowest BCUT2D eigenvalue weighted by molar-refractivity contribution is -0.00106. The molecule has 0 fully saturated rings. The lowest BCUT2D eigenvalue weighted by atomic mass is 9.95. The minimum atomic E-state index is -0.0827. The van der Waals surface area contributed by atoms with E-state index in [0.717, 1.165) is 32.3 Å². The highest BCUT2D eigenvalue weighted by atomic mass is 16.5. The van der Waals surface area contributed by atoms with E-state index in [2.05, 4.69) is 20.8 Å². The van der Waals surface area contributed by atoms with Gasteiger partial charge in [-0.3, -0.25) is 0 Å². The summed E-state index contributed by atoms with van der Waals surface area (Å²) in [6.07, 6.45) is 4.28. The van der Waals surface area contributed by atoms with Crippen molar-refractivity contribution in [2.45, 2.75) is 71.1 Å². The van der Waals surface area contributed by atoms with Gasteiger partial charge in [-0.25, -0.2) is 0 Å². The fraction of sp³-hybridized carbons (Fsp3) is 1.00. The van der Waals surface area contributed by atoms with Crippen molar-refractivity contribution >= 4 is 0 Å². The third-order valence-corrected chi connectivity index (χ3v) is 3.06. The summed E-state index contributed by atoms with van der Waals surface area (Å²) in [6, 6.07) is 0.120. The molecule has 0 saturated carbocycles. The molecular formula is C13H29NO2. The standard InChI is InChI=1S/C13H29NO2/c1-6-8-12(16-7-2)11(14)9-10-13(3,4)15-5/h11-12H,6-10,14H2,1-5H3. The third kappa shape index (κ3) is 6.46. The van der Waals surface area contributed by atoms with Crippen LogP contribution in [0.25, 0.3) is 0 Å². The van der Waals surface area contributed by atoms with E-state index in [4.69, 9.17) is 15.2 Å². The molecular weight excluding hydrogens is 202 g/mol. The molecule has 0 aromatic carbocycles. The lowest BCUT2D eigenvalue weighted by Gasteiger charge is -2.28. The van der Waals surface area contributed by atoms with Gasteiger partial charge in [0.05, 0.1) is 11.7 Å². The predicted molar refractivity (Wildman–Crippen MR) is 68.6 cm³/mol. The number of hydrogen-bond donors (Lipinski definition) is 1. The highest BCUT2D eigenvalue weighted by molar-refractivity contribution is 4.78. The second kappa shape index (κ2) is 8.04. The minimum Gasteiger partial charge on any atom is -0.379 e. The van der Waals surface area contributed by atoms with Gasteiger partial charge in [-0.15, -0.1) is 0 Å². The van der Waals surface area contributed by atoms with Crippen LogP contribution >= 0.6 is 0 Å². The Hall–Kier alpha value is -0.120. The molecule has 3 nitrogen and oxygen atoms in total. The molecule has 3 heteroatoms. The van der Waals surface area contributed by atoms with Gasteiger partial charge >= 0.3 is 0 Å². The molecule has 2 unspecified atom stereocenters. The highest BCUT2D eigenvalue weighted by Gasteiger charge is 2.22. The molecule has 0 amide bonds. The SMILES string of the molecule is CCCC(OCC)C(N)CCC(C)(C)OC. The third-order valence-electron chi connectivity index (χ3n) is 3.06. The summed E-state index contributed by atoms with van der Waals surface area (Å²) < 4.78 is 11.1. The van der Waals surface area contributed by atoms with Crippen molar-refractivity contribution in [1.82, 2.24) is 0 Å². The van der Waals surface area contributed by atoms with Crippen molar-refractivity contribution in [3.8, 4) is 0 Å². The Morgan fingerprint density at radius 2 is 1.81 bits per heavy atom. The average Bonchev–Trinajstić information content (AvgIpc) is 2.26. The summed E-state index contributed by atoms with van der Waals surface area (Å²) in [5, 5.41) is 0. The zero-order valence-electron chi connectivity index (χ0n) is 11.6. The molecule has 98 valence electrons. The second-order valence-electron chi connectivity index (χ2n) is 4.95. The van der Waals surface area contributed by atoms with Gasteiger partial charge in [-0.1, -0.05) is 13.3 Å². The zero-order valence-corrected chi connectivity index (χ0v) is 11.6. The van der Waals surface area contributed by atoms with E-state index >= 15 is 0 Å². The van der Waals surface area contributed by atoms with E-state index in [0.29, 0.717) is 0 Å². The van der Waals surface area contributed by atoms with Crippen LogP contribution in [-0.4, -0.2) is 31.5 Å². The summed E-state index contributed by atoms with van der Waals surface area (Å²) >= 11 is 0. The Kier molecular flexibility index (Phi) is 7.98. The second-order valence-corrected chi connectivity index (χ2v) is 4.95. The molecule has 0 aliphatic heterocycles. The fourth-order valence-electron chi connectivity index (χ4n) is 1.72. The van der Waals surface area contributed by atoms with E-state index in [1.807, 2.05) is 6.92 Å². The van der Waals surface area contributed by atoms with E-state index < -0.39 is 0 Å². The van der Waals surface area contributed by atoms with Crippen LogP contribution < -0.4 is 5.73 Å². The van der Waals surface area contributed by atoms with Gasteiger partial charge in [-0.05, 0) is 40.0 Å². The van der Waals surface area contributed by atoms with Gasteiger partial charge in [0.25, 0.3) is 0 Å². The van der Waals surface area contributed by atoms with Crippen LogP contribution in [0.3, 0.4) is 0 Å². The van der Waals surface area contributed by atoms with E-state index in [1.165, 1.54) is 0 Å². The smallest absolute Gasteiger partial charge is 0.0725 e. The van der Waals surface area contributed by atoms with Crippen molar-refractivity contribution in [3.05, 3.63) is 0 Å². The summed E-state index contributed by atoms with van der Waals surface area (Å²) in [6.45, 7) is 9.11. The molecule has 2 N–H and O–H groups in total. The first-order valence-electron chi connectivity index (χ1n) is 6.39. The Morgan fingerprint density at radius 1 is 1.19 bits per heavy atom.